The molecule has 2 aromatic carbocycles. The molecule has 0 saturated carbocycles. The molecule has 1 aliphatic rings. The third kappa shape index (κ3) is 2.48. The van der Waals surface area contributed by atoms with Gasteiger partial charge in [0.05, 0.1) is 0 Å². The van der Waals surface area contributed by atoms with Crippen molar-refractivity contribution in [2.45, 2.75) is 32.7 Å². The maximum absolute atomic E-state index is 6.24. The number of rotatable bonds is 3. The van der Waals surface area contributed by atoms with Gasteiger partial charge in [-0.3, -0.25) is 0 Å². The number of aryl methyl sites for hydroxylation is 2. The SMILES string of the molecule is CCNC1CCc2cc(-c3ccc(C)c(Cl)c3)ccc21. The van der Waals surface area contributed by atoms with Crippen molar-refractivity contribution in [3.8, 4) is 11.1 Å². The Bertz CT molecular complexity index is 633. The van der Waals surface area contributed by atoms with Gasteiger partial charge >= 0.3 is 0 Å². The molecule has 104 valence electrons. The Hall–Kier alpha value is -1.31. The summed E-state index contributed by atoms with van der Waals surface area (Å²) in [5.41, 5.74) is 6.54. The highest BCUT2D eigenvalue weighted by Gasteiger charge is 2.21. The summed E-state index contributed by atoms with van der Waals surface area (Å²) in [5.74, 6) is 0. The van der Waals surface area contributed by atoms with E-state index >= 15 is 0 Å². The predicted octanol–water partition coefficient (Wildman–Crippen LogP) is 4.91. The van der Waals surface area contributed by atoms with Gasteiger partial charge in [-0.15, -0.1) is 0 Å². The van der Waals surface area contributed by atoms with E-state index in [2.05, 4.69) is 48.6 Å². The predicted molar refractivity (Wildman–Crippen MR) is 86.4 cm³/mol. The molecule has 0 spiro atoms. The lowest BCUT2D eigenvalue weighted by molar-refractivity contribution is 0.549. The molecule has 2 aromatic rings. The van der Waals surface area contributed by atoms with Crippen LogP contribution in [0.3, 0.4) is 0 Å². The van der Waals surface area contributed by atoms with E-state index in [0.717, 1.165) is 17.1 Å². The molecule has 0 amide bonds. The highest BCUT2D eigenvalue weighted by Crippen LogP contribution is 2.34. The molecule has 1 unspecified atom stereocenters. The van der Waals surface area contributed by atoms with E-state index in [1.54, 1.807) is 0 Å². The van der Waals surface area contributed by atoms with Crippen molar-refractivity contribution >= 4 is 11.6 Å². The molecule has 0 radical (unpaired) electrons. The Morgan fingerprint density at radius 1 is 1.15 bits per heavy atom. The van der Waals surface area contributed by atoms with Crippen molar-refractivity contribution in [1.29, 1.82) is 0 Å². The summed E-state index contributed by atoms with van der Waals surface area (Å²) in [7, 11) is 0. The van der Waals surface area contributed by atoms with Gasteiger partial charge in [-0.25, -0.2) is 0 Å². The summed E-state index contributed by atoms with van der Waals surface area (Å²) in [5, 5.41) is 4.40. The minimum Gasteiger partial charge on any atom is -0.310 e. The van der Waals surface area contributed by atoms with Gasteiger partial charge in [0, 0.05) is 11.1 Å². The molecule has 0 aromatic heterocycles. The van der Waals surface area contributed by atoms with Gasteiger partial charge in [0.25, 0.3) is 0 Å². The van der Waals surface area contributed by atoms with Crippen LogP contribution in [0, 0.1) is 6.92 Å². The summed E-state index contributed by atoms with van der Waals surface area (Å²) < 4.78 is 0. The summed E-state index contributed by atoms with van der Waals surface area (Å²) in [4.78, 5) is 0. The number of benzene rings is 2. The molecule has 1 atom stereocenters. The minimum absolute atomic E-state index is 0.533. The van der Waals surface area contributed by atoms with E-state index in [1.165, 1.54) is 35.1 Å². The van der Waals surface area contributed by atoms with Gasteiger partial charge in [-0.1, -0.05) is 48.9 Å². The van der Waals surface area contributed by atoms with E-state index in [1.807, 2.05) is 6.92 Å². The molecule has 0 aliphatic heterocycles. The van der Waals surface area contributed by atoms with Gasteiger partial charge in [-0.05, 0) is 60.2 Å². The highest BCUT2D eigenvalue weighted by molar-refractivity contribution is 6.31. The zero-order chi connectivity index (χ0) is 14.1. The van der Waals surface area contributed by atoms with Crippen LogP contribution in [-0.2, 0) is 6.42 Å². The van der Waals surface area contributed by atoms with Crippen molar-refractivity contribution in [1.82, 2.24) is 5.32 Å². The molecule has 0 saturated heterocycles. The van der Waals surface area contributed by atoms with Crippen LogP contribution in [0.25, 0.3) is 11.1 Å². The quantitative estimate of drug-likeness (QED) is 0.845. The van der Waals surface area contributed by atoms with Crippen LogP contribution >= 0.6 is 11.6 Å². The first-order chi connectivity index (χ1) is 9.69. The van der Waals surface area contributed by atoms with Crippen molar-refractivity contribution in [2.24, 2.45) is 0 Å². The Balaban J connectivity index is 1.95. The fraction of sp³-hybridized carbons (Fsp3) is 0.333. The third-order valence-electron chi connectivity index (χ3n) is 4.18. The standard InChI is InChI=1S/C18H20ClN/c1-3-20-18-9-7-15-10-13(6-8-16(15)18)14-5-4-12(2)17(19)11-14/h4-6,8,10-11,18,20H,3,7,9H2,1-2H3. The zero-order valence-electron chi connectivity index (χ0n) is 12.0. The lowest BCUT2D eigenvalue weighted by Crippen LogP contribution is -2.18. The van der Waals surface area contributed by atoms with Crippen LogP contribution in [0.1, 0.15) is 36.1 Å². The smallest absolute Gasteiger partial charge is 0.0441 e. The Labute approximate surface area is 126 Å². The van der Waals surface area contributed by atoms with Crippen molar-refractivity contribution < 1.29 is 0 Å². The summed E-state index contributed by atoms with van der Waals surface area (Å²) >= 11 is 6.24. The van der Waals surface area contributed by atoms with Crippen molar-refractivity contribution in [2.75, 3.05) is 6.54 Å². The second-order valence-electron chi connectivity index (χ2n) is 5.53. The average molecular weight is 286 g/mol. The van der Waals surface area contributed by atoms with Gasteiger partial charge < -0.3 is 5.32 Å². The minimum atomic E-state index is 0.533. The second kappa shape index (κ2) is 5.59. The maximum atomic E-state index is 6.24. The summed E-state index contributed by atoms with van der Waals surface area (Å²) in [6.07, 6.45) is 2.38. The largest absolute Gasteiger partial charge is 0.310 e. The maximum Gasteiger partial charge on any atom is 0.0441 e. The van der Waals surface area contributed by atoms with E-state index in [0.29, 0.717) is 6.04 Å². The molecule has 0 fully saturated rings. The van der Waals surface area contributed by atoms with Crippen LogP contribution in [-0.4, -0.2) is 6.54 Å². The van der Waals surface area contributed by atoms with Gasteiger partial charge in [0.1, 0.15) is 0 Å². The Morgan fingerprint density at radius 2 is 1.90 bits per heavy atom. The lowest BCUT2D eigenvalue weighted by atomic mass is 9.99. The van der Waals surface area contributed by atoms with E-state index < -0.39 is 0 Å². The first-order valence-corrected chi connectivity index (χ1v) is 7.69. The van der Waals surface area contributed by atoms with E-state index in [4.69, 9.17) is 11.6 Å². The van der Waals surface area contributed by atoms with Crippen LogP contribution in [0.4, 0.5) is 0 Å². The fourth-order valence-corrected chi connectivity index (χ4v) is 3.21. The first kappa shape index (κ1) is 13.7. The lowest BCUT2D eigenvalue weighted by Gasteiger charge is -2.13. The first-order valence-electron chi connectivity index (χ1n) is 7.31. The topological polar surface area (TPSA) is 12.0 Å². The fourth-order valence-electron chi connectivity index (χ4n) is 3.03. The van der Waals surface area contributed by atoms with Crippen LogP contribution in [0.15, 0.2) is 36.4 Å². The molecular formula is C18H20ClN. The molecule has 1 N–H and O–H groups in total. The Morgan fingerprint density at radius 3 is 2.65 bits per heavy atom. The molecular weight excluding hydrogens is 266 g/mol. The molecule has 3 rings (SSSR count). The number of fused-ring (bicyclic) bond motifs is 1. The average Bonchev–Trinajstić information content (AvgIpc) is 2.85. The van der Waals surface area contributed by atoms with Crippen LogP contribution < -0.4 is 5.32 Å². The summed E-state index contributed by atoms with van der Waals surface area (Å²) in [6.45, 7) is 5.23. The molecule has 1 nitrogen and oxygen atoms in total. The zero-order valence-corrected chi connectivity index (χ0v) is 12.8. The van der Waals surface area contributed by atoms with Crippen molar-refractivity contribution in [3.05, 3.63) is 58.1 Å². The highest BCUT2D eigenvalue weighted by atomic mass is 35.5. The Kier molecular flexibility index (Phi) is 3.82. The molecule has 0 bridgehead atoms. The van der Waals surface area contributed by atoms with Gasteiger partial charge in [0.15, 0.2) is 0 Å². The number of nitrogens with one attached hydrogen (secondary N) is 1. The molecule has 0 heterocycles. The van der Waals surface area contributed by atoms with E-state index in [-0.39, 0.29) is 0 Å². The van der Waals surface area contributed by atoms with Gasteiger partial charge in [-0.2, -0.15) is 0 Å². The normalized spacial score (nSPS) is 17.2. The third-order valence-corrected chi connectivity index (χ3v) is 4.58. The number of halogens is 1. The van der Waals surface area contributed by atoms with E-state index in [9.17, 15) is 0 Å². The monoisotopic (exact) mass is 285 g/mol. The molecule has 1 aliphatic carbocycles. The molecule has 20 heavy (non-hydrogen) atoms. The van der Waals surface area contributed by atoms with Crippen molar-refractivity contribution in [3.63, 3.8) is 0 Å². The molecule has 2 heteroatoms. The number of hydrogen-bond acceptors (Lipinski definition) is 1. The van der Waals surface area contributed by atoms with Crippen LogP contribution in [0.2, 0.25) is 5.02 Å². The van der Waals surface area contributed by atoms with Gasteiger partial charge in [0.2, 0.25) is 0 Å². The van der Waals surface area contributed by atoms with Crippen LogP contribution in [0.5, 0.6) is 0 Å². The second-order valence-corrected chi connectivity index (χ2v) is 5.93. The number of hydrogen-bond donors (Lipinski definition) is 1. The summed E-state index contributed by atoms with van der Waals surface area (Å²) in [6, 6.07) is 13.7.